The number of nitrogens with zero attached hydrogens (tertiary/aromatic N) is 1. The van der Waals surface area contributed by atoms with Crippen molar-refractivity contribution in [1.82, 2.24) is 5.32 Å². The molecule has 0 unspecified atom stereocenters. The van der Waals surface area contributed by atoms with Crippen LogP contribution in [0.25, 0.3) is 0 Å². The maximum Gasteiger partial charge on any atom is 0.251 e. The number of hydrogen-bond donors (Lipinski definition) is 1. The van der Waals surface area contributed by atoms with Crippen molar-refractivity contribution in [2.45, 2.75) is 6.54 Å². The van der Waals surface area contributed by atoms with Gasteiger partial charge in [0, 0.05) is 36.4 Å². The molecule has 2 aromatic carbocycles. The molecule has 21 heavy (non-hydrogen) atoms. The lowest BCUT2D eigenvalue weighted by molar-refractivity contribution is 0.0951. The molecule has 2 aromatic rings. The van der Waals surface area contributed by atoms with Crippen molar-refractivity contribution in [2.24, 2.45) is 0 Å². The van der Waals surface area contributed by atoms with Gasteiger partial charge >= 0.3 is 0 Å². The van der Waals surface area contributed by atoms with Gasteiger partial charge in [-0.2, -0.15) is 0 Å². The van der Waals surface area contributed by atoms with E-state index in [2.05, 4.69) is 21.2 Å². The van der Waals surface area contributed by atoms with Crippen LogP contribution < -0.4 is 10.2 Å². The number of amides is 1. The van der Waals surface area contributed by atoms with Gasteiger partial charge in [0.05, 0.1) is 5.02 Å². The molecule has 2 rings (SSSR count). The lowest BCUT2D eigenvalue weighted by atomic mass is 10.1. The van der Waals surface area contributed by atoms with E-state index < -0.39 is 0 Å². The Bertz CT molecular complexity index is 641. The van der Waals surface area contributed by atoms with Crippen LogP contribution >= 0.6 is 27.5 Å². The number of nitrogens with one attached hydrogen (secondary N) is 1. The first-order valence-corrected chi connectivity index (χ1v) is 7.64. The maximum atomic E-state index is 12.1. The van der Waals surface area contributed by atoms with Crippen molar-refractivity contribution in [3.05, 3.63) is 63.1 Å². The van der Waals surface area contributed by atoms with E-state index >= 15 is 0 Å². The molecule has 5 heteroatoms. The molecule has 0 heterocycles. The molecule has 0 fully saturated rings. The summed E-state index contributed by atoms with van der Waals surface area (Å²) in [7, 11) is 3.99. The molecule has 0 saturated heterocycles. The molecule has 0 aliphatic heterocycles. The van der Waals surface area contributed by atoms with Gasteiger partial charge in [-0.1, -0.05) is 23.7 Å². The number of halogens is 2. The van der Waals surface area contributed by atoms with Crippen LogP contribution in [0.2, 0.25) is 5.02 Å². The topological polar surface area (TPSA) is 32.3 Å². The van der Waals surface area contributed by atoms with E-state index in [-0.39, 0.29) is 5.91 Å². The van der Waals surface area contributed by atoms with E-state index in [4.69, 9.17) is 11.6 Å². The van der Waals surface area contributed by atoms with Gasteiger partial charge in [0.15, 0.2) is 0 Å². The normalized spacial score (nSPS) is 10.3. The molecular formula is C16H16BrClN2O. The summed E-state index contributed by atoms with van der Waals surface area (Å²) in [5.41, 5.74) is 2.77. The number of rotatable bonds is 4. The first kappa shape index (κ1) is 15.9. The van der Waals surface area contributed by atoms with Crippen molar-refractivity contribution in [1.29, 1.82) is 0 Å². The largest absolute Gasteiger partial charge is 0.378 e. The first-order valence-electron chi connectivity index (χ1n) is 6.47. The summed E-state index contributed by atoms with van der Waals surface area (Å²) in [4.78, 5) is 14.1. The Balaban J connectivity index is 1.98. The molecule has 0 bridgehead atoms. The van der Waals surface area contributed by atoms with Gasteiger partial charge in [0.25, 0.3) is 5.91 Å². The van der Waals surface area contributed by atoms with Crippen LogP contribution in [0.5, 0.6) is 0 Å². The van der Waals surface area contributed by atoms with Crippen molar-refractivity contribution in [3.63, 3.8) is 0 Å². The molecule has 0 aromatic heterocycles. The second-order valence-electron chi connectivity index (χ2n) is 4.87. The predicted molar refractivity (Wildman–Crippen MR) is 91.1 cm³/mol. The van der Waals surface area contributed by atoms with Gasteiger partial charge in [-0.15, -0.1) is 0 Å². The summed E-state index contributed by atoms with van der Waals surface area (Å²) in [6.07, 6.45) is 0. The van der Waals surface area contributed by atoms with E-state index in [1.165, 1.54) is 0 Å². The standard InChI is InChI=1S/C16H16BrClN2O/c1-20(2)13-6-3-11(4-7-13)10-19-16(21)12-5-8-15(18)14(17)9-12/h3-9H,10H2,1-2H3,(H,19,21). The molecule has 3 nitrogen and oxygen atoms in total. The van der Waals surface area contributed by atoms with Gasteiger partial charge in [0.1, 0.15) is 0 Å². The fourth-order valence-electron chi connectivity index (χ4n) is 1.83. The SMILES string of the molecule is CN(C)c1ccc(CNC(=O)c2ccc(Cl)c(Br)c2)cc1. The number of anilines is 1. The zero-order chi connectivity index (χ0) is 15.4. The Morgan fingerprint density at radius 2 is 1.86 bits per heavy atom. The van der Waals surface area contributed by atoms with E-state index in [0.717, 1.165) is 11.3 Å². The Hall–Kier alpha value is -1.52. The van der Waals surface area contributed by atoms with E-state index in [0.29, 0.717) is 21.6 Å². The Morgan fingerprint density at radius 3 is 2.43 bits per heavy atom. The smallest absolute Gasteiger partial charge is 0.251 e. The van der Waals surface area contributed by atoms with Gasteiger partial charge in [-0.05, 0) is 51.8 Å². The van der Waals surface area contributed by atoms with E-state index in [9.17, 15) is 4.79 Å². The van der Waals surface area contributed by atoms with Crippen LogP contribution in [-0.4, -0.2) is 20.0 Å². The summed E-state index contributed by atoms with van der Waals surface area (Å²) < 4.78 is 0.715. The van der Waals surface area contributed by atoms with Crippen LogP contribution in [0.3, 0.4) is 0 Å². The van der Waals surface area contributed by atoms with E-state index in [1.807, 2.05) is 43.3 Å². The van der Waals surface area contributed by atoms with Crippen LogP contribution in [0.4, 0.5) is 5.69 Å². The fraction of sp³-hybridized carbons (Fsp3) is 0.188. The molecule has 1 N–H and O–H groups in total. The van der Waals surface area contributed by atoms with Crippen molar-refractivity contribution < 1.29 is 4.79 Å². The Labute approximate surface area is 138 Å². The molecule has 0 spiro atoms. The lowest BCUT2D eigenvalue weighted by Gasteiger charge is -2.13. The number of hydrogen-bond acceptors (Lipinski definition) is 2. The molecule has 0 aliphatic rings. The minimum absolute atomic E-state index is 0.121. The monoisotopic (exact) mass is 366 g/mol. The van der Waals surface area contributed by atoms with Crippen molar-refractivity contribution in [2.75, 3.05) is 19.0 Å². The zero-order valence-corrected chi connectivity index (χ0v) is 14.2. The number of carbonyl (C=O) groups is 1. The van der Waals surface area contributed by atoms with Gasteiger partial charge < -0.3 is 10.2 Å². The minimum Gasteiger partial charge on any atom is -0.378 e. The average Bonchev–Trinajstić information content (AvgIpc) is 2.48. The van der Waals surface area contributed by atoms with Gasteiger partial charge in [0.2, 0.25) is 0 Å². The summed E-state index contributed by atoms with van der Waals surface area (Å²) in [5.74, 6) is -0.121. The molecule has 110 valence electrons. The summed E-state index contributed by atoms with van der Waals surface area (Å²) in [5, 5.41) is 3.48. The third kappa shape index (κ3) is 4.22. The Morgan fingerprint density at radius 1 is 1.19 bits per heavy atom. The van der Waals surface area contributed by atoms with Crippen LogP contribution in [0, 0.1) is 0 Å². The van der Waals surface area contributed by atoms with Crippen LogP contribution in [-0.2, 0) is 6.54 Å². The van der Waals surface area contributed by atoms with Crippen LogP contribution in [0.15, 0.2) is 46.9 Å². The van der Waals surface area contributed by atoms with Crippen molar-refractivity contribution in [3.8, 4) is 0 Å². The highest BCUT2D eigenvalue weighted by molar-refractivity contribution is 9.10. The second kappa shape index (κ2) is 6.96. The van der Waals surface area contributed by atoms with Crippen LogP contribution in [0.1, 0.15) is 15.9 Å². The molecule has 0 radical (unpaired) electrons. The minimum atomic E-state index is -0.121. The summed E-state index contributed by atoms with van der Waals surface area (Å²) >= 11 is 9.23. The molecule has 1 amide bonds. The predicted octanol–water partition coefficient (Wildman–Crippen LogP) is 4.10. The molecular weight excluding hydrogens is 352 g/mol. The highest BCUT2D eigenvalue weighted by Gasteiger charge is 2.07. The Kier molecular flexibility index (Phi) is 5.26. The molecule has 0 aliphatic carbocycles. The quantitative estimate of drug-likeness (QED) is 0.882. The first-order chi connectivity index (χ1) is 9.97. The van der Waals surface area contributed by atoms with Gasteiger partial charge in [-0.25, -0.2) is 0 Å². The average molecular weight is 368 g/mol. The maximum absolute atomic E-state index is 12.1. The second-order valence-corrected chi connectivity index (χ2v) is 6.13. The third-order valence-electron chi connectivity index (χ3n) is 3.09. The zero-order valence-electron chi connectivity index (χ0n) is 11.9. The highest BCUT2D eigenvalue weighted by atomic mass is 79.9. The van der Waals surface area contributed by atoms with E-state index in [1.54, 1.807) is 18.2 Å². The number of benzene rings is 2. The van der Waals surface area contributed by atoms with Crippen molar-refractivity contribution >= 4 is 39.1 Å². The number of carbonyl (C=O) groups excluding carboxylic acids is 1. The summed E-state index contributed by atoms with van der Waals surface area (Å²) in [6, 6.07) is 13.2. The molecule has 0 saturated carbocycles. The summed E-state index contributed by atoms with van der Waals surface area (Å²) in [6.45, 7) is 0.493. The highest BCUT2D eigenvalue weighted by Crippen LogP contribution is 2.23. The fourth-order valence-corrected chi connectivity index (χ4v) is 2.33. The lowest BCUT2D eigenvalue weighted by Crippen LogP contribution is -2.22. The third-order valence-corrected chi connectivity index (χ3v) is 4.30. The molecule has 0 atom stereocenters. The van der Waals surface area contributed by atoms with Gasteiger partial charge in [-0.3, -0.25) is 4.79 Å².